The van der Waals surface area contributed by atoms with Gasteiger partial charge < -0.3 is 14.4 Å². The Kier molecular flexibility index (Phi) is 3.24. The molecule has 88 valence electrons. The van der Waals surface area contributed by atoms with Gasteiger partial charge in [0.15, 0.2) is 0 Å². The summed E-state index contributed by atoms with van der Waals surface area (Å²) in [5.74, 6) is 0.615. The van der Waals surface area contributed by atoms with E-state index in [2.05, 4.69) is 4.98 Å². The molecule has 0 aromatic carbocycles. The Morgan fingerprint density at radius 2 is 2.56 bits per heavy atom. The average molecular weight is 224 g/mol. The zero-order valence-electron chi connectivity index (χ0n) is 9.35. The number of aromatic nitrogens is 2. The molecule has 2 heterocycles. The van der Waals surface area contributed by atoms with Crippen LogP contribution in [0.5, 0.6) is 0 Å². The number of carbonyl (C=O) groups excluding carboxylic acids is 1. The first kappa shape index (κ1) is 11.1. The Labute approximate surface area is 94.1 Å². The summed E-state index contributed by atoms with van der Waals surface area (Å²) in [4.78, 5) is 15.7. The van der Waals surface area contributed by atoms with Gasteiger partial charge in [-0.3, -0.25) is 4.79 Å². The van der Waals surface area contributed by atoms with Crippen LogP contribution in [-0.2, 0) is 28.9 Å². The number of carbonyl (C=O) groups is 1. The van der Waals surface area contributed by atoms with Crippen molar-refractivity contribution in [1.82, 2.24) is 9.55 Å². The van der Waals surface area contributed by atoms with Crippen molar-refractivity contribution in [1.29, 1.82) is 0 Å². The highest BCUT2D eigenvalue weighted by atomic mass is 16.5. The molecular formula is C11H16N2O3. The van der Waals surface area contributed by atoms with E-state index in [0.29, 0.717) is 13.0 Å². The topological polar surface area (TPSA) is 64.3 Å². The highest BCUT2D eigenvalue weighted by Gasteiger charge is 2.26. The molecule has 1 aliphatic heterocycles. The molecule has 0 saturated carbocycles. The van der Waals surface area contributed by atoms with Crippen molar-refractivity contribution < 1.29 is 14.6 Å². The number of nitrogens with zero attached hydrogens (tertiary/aromatic N) is 2. The lowest BCUT2D eigenvalue weighted by molar-refractivity contribution is -0.146. The largest absolute Gasteiger partial charge is 0.469 e. The molecular weight excluding hydrogens is 208 g/mol. The Balaban J connectivity index is 2.17. The molecule has 5 nitrogen and oxygen atoms in total. The van der Waals surface area contributed by atoms with E-state index in [1.807, 2.05) is 10.8 Å². The normalized spacial score (nSPS) is 19.2. The standard InChI is InChI=1S/C11H16N2O3/c1-16-11(15)8-2-3-9-6-12-10(4-5-14)13(9)7-8/h6,8,14H,2-5,7H2,1H3. The van der Waals surface area contributed by atoms with Gasteiger partial charge in [0.25, 0.3) is 0 Å². The number of aryl methyl sites for hydroxylation is 1. The highest BCUT2D eigenvalue weighted by molar-refractivity contribution is 5.72. The number of hydrogen-bond donors (Lipinski definition) is 1. The lowest BCUT2D eigenvalue weighted by atomic mass is 9.98. The molecule has 1 aliphatic rings. The summed E-state index contributed by atoms with van der Waals surface area (Å²) in [6.45, 7) is 0.705. The molecule has 0 amide bonds. The van der Waals surface area contributed by atoms with Crippen LogP contribution in [0, 0.1) is 5.92 Å². The van der Waals surface area contributed by atoms with Crippen LogP contribution < -0.4 is 0 Å². The minimum atomic E-state index is -0.158. The highest BCUT2D eigenvalue weighted by Crippen LogP contribution is 2.22. The van der Waals surface area contributed by atoms with Crippen LogP contribution in [0.15, 0.2) is 6.20 Å². The monoisotopic (exact) mass is 224 g/mol. The second kappa shape index (κ2) is 4.65. The van der Waals surface area contributed by atoms with Gasteiger partial charge in [-0.2, -0.15) is 0 Å². The number of ether oxygens (including phenoxy) is 1. The number of methoxy groups -OCH3 is 1. The molecule has 0 bridgehead atoms. The van der Waals surface area contributed by atoms with E-state index in [4.69, 9.17) is 9.84 Å². The summed E-state index contributed by atoms with van der Waals surface area (Å²) >= 11 is 0. The molecule has 1 unspecified atom stereocenters. The fourth-order valence-corrected chi connectivity index (χ4v) is 2.17. The second-order valence-corrected chi connectivity index (χ2v) is 4.01. The summed E-state index contributed by atoms with van der Waals surface area (Å²) in [5, 5.41) is 8.92. The lowest BCUT2D eigenvalue weighted by Gasteiger charge is -2.23. The summed E-state index contributed by atoms with van der Waals surface area (Å²) in [7, 11) is 1.42. The first-order valence-corrected chi connectivity index (χ1v) is 5.48. The van der Waals surface area contributed by atoms with E-state index in [9.17, 15) is 4.79 Å². The Morgan fingerprint density at radius 3 is 3.25 bits per heavy atom. The van der Waals surface area contributed by atoms with Gasteiger partial charge in [-0.25, -0.2) is 4.98 Å². The molecule has 16 heavy (non-hydrogen) atoms. The van der Waals surface area contributed by atoms with Gasteiger partial charge in [-0.05, 0) is 12.8 Å². The summed E-state index contributed by atoms with van der Waals surface area (Å²) in [6.07, 6.45) is 4.03. The van der Waals surface area contributed by atoms with Gasteiger partial charge in [-0.1, -0.05) is 0 Å². The van der Waals surface area contributed by atoms with Crippen LogP contribution in [0.4, 0.5) is 0 Å². The van der Waals surface area contributed by atoms with Gasteiger partial charge in [0.1, 0.15) is 5.82 Å². The molecule has 0 saturated heterocycles. The van der Waals surface area contributed by atoms with Crippen molar-refractivity contribution in [2.45, 2.75) is 25.8 Å². The van der Waals surface area contributed by atoms with E-state index < -0.39 is 0 Å². The molecule has 1 N–H and O–H groups in total. The number of imidazole rings is 1. The third-order valence-electron chi connectivity index (χ3n) is 3.04. The third kappa shape index (κ3) is 1.95. The number of fused-ring (bicyclic) bond motifs is 1. The van der Waals surface area contributed by atoms with E-state index >= 15 is 0 Å². The smallest absolute Gasteiger partial charge is 0.310 e. The fraction of sp³-hybridized carbons (Fsp3) is 0.636. The van der Waals surface area contributed by atoms with Crippen molar-refractivity contribution in [2.24, 2.45) is 5.92 Å². The van der Waals surface area contributed by atoms with E-state index in [0.717, 1.165) is 24.4 Å². The second-order valence-electron chi connectivity index (χ2n) is 4.01. The van der Waals surface area contributed by atoms with Gasteiger partial charge in [0, 0.05) is 24.9 Å². The average Bonchev–Trinajstić information content (AvgIpc) is 2.71. The van der Waals surface area contributed by atoms with Crippen LogP contribution in [0.1, 0.15) is 17.9 Å². The number of aliphatic hydroxyl groups excluding tert-OH is 1. The summed E-state index contributed by atoms with van der Waals surface area (Å²) in [5.41, 5.74) is 1.14. The number of hydrogen-bond acceptors (Lipinski definition) is 4. The van der Waals surface area contributed by atoms with Crippen molar-refractivity contribution in [3.8, 4) is 0 Å². The van der Waals surface area contributed by atoms with Crippen molar-refractivity contribution in [3.63, 3.8) is 0 Å². The fourth-order valence-electron chi connectivity index (χ4n) is 2.17. The molecule has 1 atom stereocenters. The maximum atomic E-state index is 11.5. The Hall–Kier alpha value is -1.36. The van der Waals surface area contributed by atoms with Gasteiger partial charge in [0.2, 0.25) is 0 Å². The molecule has 5 heteroatoms. The number of esters is 1. The van der Waals surface area contributed by atoms with Crippen molar-refractivity contribution in [3.05, 3.63) is 17.7 Å². The van der Waals surface area contributed by atoms with Gasteiger partial charge >= 0.3 is 5.97 Å². The van der Waals surface area contributed by atoms with E-state index in [1.165, 1.54) is 7.11 Å². The number of rotatable bonds is 3. The van der Waals surface area contributed by atoms with Crippen LogP contribution in [0.2, 0.25) is 0 Å². The molecule has 0 spiro atoms. The van der Waals surface area contributed by atoms with Crippen LogP contribution in [-0.4, -0.2) is 34.3 Å². The Morgan fingerprint density at radius 1 is 1.75 bits per heavy atom. The summed E-state index contributed by atoms with van der Waals surface area (Å²) < 4.78 is 6.79. The SMILES string of the molecule is COC(=O)C1CCc2cnc(CCO)n2C1. The number of aliphatic hydroxyl groups is 1. The molecule has 2 rings (SSSR count). The minimum Gasteiger partial charge on any atom is -0.469 e. The zero-order valence-corrected chi connectivity index (χ0v) is 9.35. The Bertz CT molecular complexity index is 387. The molecule has 1 aromatic heterocycles. The van der Waals surface area contributed by atoms with E-state index in [-0.39, 0.29) is 18.5 Å². The molecule has 0 aliphatic carbocycles. The van der Waals surface area contributed by atoms with Gasteiger partial charge in [0.05, 0.1) is 19.6 Å². The minimum absolute atomic E-state index is 0.0795. The van der Waals surface area contributed by atoms with Gasteiger partial charge in [-0.15, -0.1) is 0 Å². The predicted octanol–water partition coefficient (Wildman–Crippen LogP) is 0.153. The maximum Gasteiger partial charge on any atom is 0.310 e. The first-order valence-electron chi connectivity index (χ1n) is 5.48. The molecule has 1 aromatic rings. The van der Waals surface area contributed by atoms with Crippen molar-refractivity contribution in [2.75, 3.05) is 13.7 Å². The first-order chi connectivity index (χ1) is 7.76. The lowest BCUT2D eigenvalue weighted by Crippen LogP contribution is -2.28. The van der Waals surface area contributed by atoms with E-state index in [1.54, 1.807) is 0 Å². The maximum absolute atomic E-state index is 11.5. The quantitative estimate of drug-likeness (QED) is 0.742. The van der Waals surface area contributed by atoms with Crippen LogP contribution in [0.3, 0.4) is 0 Å². The predicted molar refractivity (Wildman–Crippen MR) is 56.8 cm³/mol. The van der Waals surface area contributed by atoms with Crippen molar-refractivity contribution >= 4 is 5.97 Å². The molecule has 0 fully saturated rings. The van der Waals surface area contributed by atoms with Crippen LogP contribution >= 0.6 is 0 Å². The van der Waals surface area contributed by atoms with Crippen LogP contribution in [0.25, 0.3) is 0 Å². The molecule has 0 radical (unpaired) electrons. The summed E-state index contributed by atoms with van der Waals surface area (Å²) in [6, 6.07) is 0. The third-order valence-corrected chi connectivity index (χ3v) is 3.04. The zero-order chi connectivity index (χ0) is 11.5.